The van der Waals surface area contributed by atoms with Gasteiger partial charge in [0.15, 0.2) is 0 Å². The van der Waals surface area contributed by atoms with Gasteiger partial charge in [-0.2, -0.15) is 0 Å². The fraction of sp³-hybridized carbons (Fsp3) is 0.571. The maximum absolute atomic E-state index is 13.3. The second-order valence-electron chi connectivity index (χ2n) is 4.80. The van der Waals surface area contributed by atoms with Crippen LogP contribution < -0.4 is 0 Å². The number of hydrogen-bond acceptors (Lipinski definition) is 1. The summed E-state index contributed by atoms with van der Waals surface area (Å²) >= 11 is 3.80. The van der Waals surface area contributed by atoms with E-state index in [9.17, 15) is 4.39 Å². The Bertz CT molecular complexity index is 376. The Labute approximate surface area is 110 Å². The van der Waals surface area contributed by atoms with Crippen LogP contribution >= 0.6 is 15.9 Å². The molecule has 0 spiro atoms. The molecular weight excluding hydrogens is 283 g/mol. The fourth-order valence-electron chi connectivity index (χ4n) is 2.60. The molecule has 0 radical (unpaired) electrons. The highest BCUT2D eigenvalue weighted by atomic mass is 79.9. The zero-order valence-corrected chi connectivity index (χ0v) is 11.9. The second-order valence-corrected chi connectivity index (χ2v) is 5.79. The van der Waals surface area contributed by atoms with Crippen molar-refractivity contribution < 1.29 is 9.13 Å². The van der Waals surface area contributed by atoms with E-state index in [1.54, 1.807) is 12.1 Å². The summed E-state index contributed by atoms with van der Waals surface area (Å²) in [5.41, 5.74) is 3.32. The van der Waals surface area contributed by atoms with Crippen LogP contribution in [0.15, 0.2) is 12.1 Å². The number of rotatable bonds is 2. The van der Waals surface area contributed by atoms with E-state index in [1.807, 2.05) is 13.8 Å². The molecule has 1 saturated heterocycles. The van der Waals surface area contributed by atoms with Crippen molar-refractivity contribution in [3.05, 3.63) is 34.6 Å². The van der Waals surface area contributed by atoms with Crippen LogP contribution in [-0.2, 0) is 4.74 Å². The van der Waals surface area contributed by atoms with E-state index in [0.717, 1.165) is 37.2 Å². The van der Waals surface area contributed by atoms with E-state index >= 15 is 0 Å². The lowest BCUT2D eigenvalue weighted by atomic mass is 9.88. The molecule has 1 aromatic carbocycles. The van der Waals surface area contributed by atoms with E-state index in [0.29, 0.717) is 10.7 Å². The first-order valence-corrected chi connectivity index (χ1v) is 6.99. The summed E-state index contributed by atoms with van der Waals surface area (Å²) in [5, 5.41) is 0. The largest absolute Gasteiger partial charge is 0.381 e. The number of hydrogen-bond donors (Lipinski definition) is 0. The molecule has 1 heterocycles. The van der Waals surface area contributed by atoms with Gasteiger partial charge in [-0.15, -0.1) is 0 Å². The number of halogens is 2. The fourth-order valence-corrected chi connectivity index (χ4v) is 3.85. The molecule has 3 heteroatoms. The molecule has 1 atom stereocenters. The molecule has 0 aliphatic carbocycles. The van der Waals surface area contributed by atoms with E-state index < -0.39 is 0 Å². The molecule has 1 unspecified atom stereocenters. The van der Waals surface area contributed by atoms with Crippen molar-refractivity contribution >= 4 is 15.9 Å². The Hall–Kier alpha value is -0.410. The molecule has 1 nitrogen and oxygen atoms in total. The summed E-state index contributed by atoms with van der Waals surface area (Å²) in [4.78, 5) is 0.312. The first-order chi connectivity index (χ1) is 8.09. The highest BCUT2D eigenvalue weighted by Gasteiger charge is 2.25. The Kier molecular flexibility index (Phi) is 4.21. The monoisotopic (exact) mass is 300 g/mol. The van der Waals surface area contributed by atoms with Gasteiger partial charge in [-0.3, -0.25) is 0 Å². The molecule has 0 saturated carbocycles. The molecule has 0 amide bonds. The predicted octanol–water partition coefficient (Wildman–Crippen LogP) is 4.31. The summed E-state index contributed by atoms with van der Waals surface area (Å²) < 4.78 is 18.7. The van der Waals surface area contributed by atoms with Crippen LogP contribution in [0.4, 0.5) is 4.39 Å². The van der Waals surface area contributed by atoms with Crippen molar-refractivity contribution in [2.75, 3.05) is 13.2 Å². The number of alkyl halides is 1. The first-order valence-electron chi connectivity index (χ1n) is 6.08. The minimum Gasteiger partial charge on any atom is -0.381 e. The van der Waals surface area contributed by atoms with Crippen LogP contribution in [0.25, 0.3) is 0 Å². The van der Waals surface area contributed by atoms with E-state index in [-0.39, 0.29) is 5.82 Å². The topological polar surface area (TPSA) is 9.23 Å². The van der Waals surface area contributed by atoms with Gasteiger partial charge in [-0.1, -0.05) is 15.9 Å². The molecule has 94 valence electrons. The highest BCUT2D eigenvalue weighted by Crippen LogP contribution is 2.40. The van der Waals surface area contributed by atoms with Crippen molar-refractivity contribution in [1.29, 1.82) is 0 Å². The molecule has 1 aliphatic rings. The van der Waals surface area contributed by atoms with Gasteiger partial charge in [0, 0.05) is 18.0 Å². The Balaban J connectivity index is 2.26. The maximum Gasteiger partial charge on any atom is 0.123 e. The first kappa shape index (κ1) is 13.0. The Morgan fingerprint density at radius 1 is 1.24 bits per heavy atom. The minimum atomic E-state index is -0.143. The minimum absolute atomic E-state index is 0.143. The number of aryl methyl sites for hydroxylation is 2. The smallest absolute Gasteiger partial charge is 0.123 e. The van der Waals surface area contributed by atoms with Crippen molar-refractivity contribution in [3.63, 3.8) is 0 Å². The maximum atomic E-state index is 13.3. The van der Waals surface area contributed by atoms with Gasteiger partial charge in [0.25, 0.3) is 0 Å². The molecule has 1 fully saturated rings. The second kappa shape index (κ2) is 5.49. The summed E-state index contributed by atoms with van der Waals surface area (Å²) in [6.45, 7) is 5.65. The van der Waals surface area contributed by atoms with Crippen LogP contribution in [0.1, 0.15) is 34.4 Å². The lowest BCUT2D eigenvalue weighted by Crippen LogP contribution is -2.20. The number of benzene rings is 1. The van der Waals surface area contributed by atoms with Gasteiger partial charge < -0.3 is 4.74 Å². The van der Waals surface area contributed by atoms with E-state index in [2.05, 4.69) is 15.9 Å². The van der Waals surface area contributed by atoms with Crippen LogP contribution in [0.3, 0.4) is 0 Å². The van der Waals surface area contributed by atoms with Gasteiger partial charge in [-0.25, -0.2) is 4.39 Å². The SMILES string of the molecule is Cc1cc(F)cc(C)c1C(Br)C1CCOCC1. The molecule has 17 heavy (non-hydrogen) atoms. The molecule has 1 aliphatic heterocycles. The zero-order chi connectivity index (χ0) is 12.4. The normalized spacial score (nSPS) is 19.3. The highest BCUT2D eigenvalue weighted by molar-refractivity contribution is 9.09. The van der Waals surface area contributed by atoms with Crippen LogP contribution in [0.2, 0.25) is 0 Å². The van der Waals surface area contributed by atoms with Gasteiger partial charge in [0.1, 0.15) is 5.82 Å². The predicted molar refractivity (Wildman–Crippen MR) is 71.1 cm³/mol. The third-order valence-corrected chi connectivity index (χ3v) is 4.72. The Morgan fingerprint density at radius 3 is 2.29 bits per heavy atom. The van der Waals surface area contributed by atoms with Crippen molar-refractivity contribution in [2.24, 2.45) is 5.92 Å². The molecule has 0 bridgehead atoms. The lowest BCUT2D eigenvalue weighted by Gasteiger charge is -2.28. The third kappa shape index (κ3) is 2.89. The summed E-state index contributed by atoms with van der Waals surface area (Å²) in [5.74, 6) is 0.446. The van der Waals surface area contributed by atoms with Gasteiger partial charge >= 0.3 is 0 Å². The average molecular weight is 301 g/mol. The van der Waals surface area contributed by atoms with Crippen LogP contribution in [0.5, 0.6) is 0 Å². The lowest BCUT2D eigenvalue weighted by molar-refractivity contribution is 0.0661. The molecule has 0 N–H and O–H groups in total. The van der Waals surface area contributed by atoms with Crippen LogP contribution in [0, 0.1) is 25.6 Å². The molecule has 0 aromatic heterocycles. The molecule has 2 rings (SSSR count). The van der Waals surface area contributed by atoms with E-state index in [1.165, 1.54) is 5.56 Å². The summed E-state index contributed by atoms with van der Waals surface area (Å²) in [6, 6.07) is 3.24. The summed E-state index contributed by atoms with van der Waals surface area (Å²) in [6.07, 6.45) is 2.15. The molecular formula is C14H18BrFO. The van der Waals surface area contributed by atoms with Gasteiger partial charge in [-0.05, 0) is 61.4 Å². The van der Waals surface area contributed by atoms with Gasteiger partial charge in [0.05, 0.1) is 0 Å². The standard InChI is InChI=1S/C14H18BrFO/c1-9-7-12(16)8-10(2)13(9)14(15)11-3-5-17-6-4-11/h7-8,11,14H,3-6H2,1-2H3. The average Bonchev–Trinajstić information content (AvgIpc) is 2.28. The van der Waals surface area contributed by atoms with Crippen molar-refractivity contribution in [2.45, 2.75) is 31.5 Å². The summed E-state index contributed by atoms with van der Waals surface area (Å²) in [7, 11) is 0. The van der Waals surface area contributed by atoms with Crippen LogP contribution in [-0.4, -0.2) is 13.2 Å². The van der Waals surface area contributed by atoms with Gasteiger partial charge in [0.2, 0.25) is 0 Å². The quantitative estimate of drug-likeness (QED) is 0.740. The molecule has 1 aromatic rings. The van der Waals surface area contributed by atoms with Crippen molar-refractivity contribution in [3.8, 4) is 0 Å². The zero-order valence-electron chi connectivity index (χ0n) is 10.3. The number of ether oxygens (including phenoxy) is 1. The van der Waals surface area contributed by atoms with E-state index in [4.69, 9.17) is 4.74 Å². The Morgan fingerprint density at radius 2 is 1.76 bits per heavy atom. The van der Waals surface area contributed by atoms with Crippen molar-refractivity contribution in [1.82, 2.24) is 0 Å². The third-order valence-electron chi connectivity index (χ3n) is 3.51.